The van der Waals surface area contributed by atoms with Crippen LogP contribution in [0.15, 0.2) is 60.7 Å². The van der Waals surface area contributed by atoms with Gasteiger partial charge in [0.25, 0.3) is 0 Å². The molecule has 3 aromatic rings. The van der Waals surface area contributed by atoms with Crippen molar-refractivity contribution in [3.63, 3.8) is 0 Å². The van der Waals surface area contributed by atoms with Gasteiger partial charge in [0.2, 0.25) is 5.91 Å². The van der Waals surface area contributed by atoms with Crippen molar-refractivity contribution in [1.29, 1.82) is 0 Å². The lowest BCUT2D eigenvalue weighted by atomic mass is 10.0. The van der Waals surface area contributed by atoms with Crippen LogP contribution in [0, 0.1) is 0 Å². The maximum Gasteiger partial charge on any atom is 0.303 e. The molecular weight excluding hydrogens is 430 g/mol. The van der Waals surface area contributed by atoms with E-state index in [4.69, 9.17) is 21.4 Å². The number of carbonyl (C=O) groups is 2. The van der Waals surface area contributed by atoms with Gasteiger partial charge >= 0.3 is 5.97 Å². The summed E-state index contributed by atoms with van der Waals surface area (Å²) in [7, 11) is 0. The number of benzene rings is 2. The van der Waals surface area contributed by atoms with Gasteiger partial charge in [-0.25, -0.2) is 9.99 Å². The van der Waals surface area contributed by atoms with Gasteiger partial charge in [-0.05, 0) is 36.8 Å². The second-order valence-electron chi connectivity index (χ2n) is 7.32. The number of carboxylic acids is 1. The Morgan fingerprint density at radius 2 is 1.94 bits per heavy atom. The summed E-state index contributed by atoms with van der Waals surface area (Å²) in [5.41, 5.74) is 6.09. The van der Waals surface area contributed by atoms with E-state index in [-0.39, 0.29) is 23.9 Å². The highest BCUT2D eigenvalue weighted by Gasteiger charge is 2.32. The molecule has 1 amide bonds. The maximum absolute atomic E-state index is 12.9. The number of aliphatic carboxylic acids is 1. The Balaban J connectivity index is 1.74. The topological polar surface area (TPSA) is 91.8 Å². The molecule has 4 rings (SSSR count). The maximum atomic E-state index is 12.9. The first-order chi connectivity index (χ1) is 15.5. The molecule has 164 valence electrons. The first-order valence-corrected chi connectivity index (χ1v) is 10.6. The summed E-state index contributed by atoms with van der Waals surface area (Å²) < 4.78 is 5.54. The van der Waals surface area contributed by atoms with E-state index in [9.17, 15) is 9.59 Å². The number of carboxylic acid groups (broad SMARTS) is 1. The number of pyridine rings is 1. The molecule has 8 heteroatoms. The Labute approximate surface area is 190 Å². The van der Waals surface area contributed by atoms with Gasteiger partial charge in [0.15, 0.2) is 0 Å². The van der Waals surface area contributed by atoms with Crippen LogP contribution < -0.4 is 10.2 Å². The molecule has 0 fully saturated rings. The summed E-state index contributed by atoms with van der Waals surface area (Å²) >= 11 is 6.56. The predicted octanol–water partition coefficient (Wildman–Crippen LogP) is 4.58. The average molecular weight is 452 g/mol. The number of halogens is 1. The fourth-order valence-electron chi connectivity index (χ4n) is 3.63. The van der Waals surface area contributed by atoms with Gasteiger partial charge in [-0.1, -0.05) is 41.9 Å². The van der Waals surface area contributed by atoms with Crippen molar-refractivity contribution in [1.82, 2.24) is 15.4 Å². The highest BCUT2D eigenvalue weighted by molar-refractivity contribution is 6.30. The van der Waals surface area contributed by atoms with E-state index in [2.05, 4.69) is 10.4 Å². The van der Waals surface area contributed by atoms with Gasteiger partial charge in [0, 0.05) is 23.4 Å². The minimum atomic E-state index is -1.03. The van der Waals surface area contributed by atoms with Gasteiger partial charge < -0.3 is 9.84 Å². The van der Waals surface area contributed by atoms with Crippen LogP contribution in [0.2, 0.25) is 5.15 Å². The molecule has 1 aromatic heterocycles. The van der Waals surface area contributed by atoms with Crippen LogP contribution in [0.4, 0.5) is 0 Å². The van der Waals surface area contributed by atoms with Crippen molar-refractivity contribution >= 4 is 40.1 Å². The molecule has 32 heavy (non-hydrogen) atoms. The van der Waals surface area contributed by atoms with E-state index in [1.807, 2.05) is 67.6 Å². The second-order valence-corrected chi connectivity index (χ2v) is 7.67. The number of fused-ring (bicyclic) bond motifs is 1. The summed E-state index contributed by atoms with van der Waals surface area (Å²) in [6, 6.07) is 16.5. The van der Waals surface area contributed by atoms with Crippen molar-refractivity contribution in [2.45, 2.75) is 25.8 Å². The van der Waals surface area contributed by atoms with Gasteiger partial charge in [-0.15, -0.1) is 0 Å². The first-order valence-electron chi connectivity index (χ1n) is 10.3. The molecule has 0 bridgehead atoms. The van der Waals surface area contributed by atoms with E-state index >= 15 is 0 Å². The Hall–Kier alpha value is -3.58. The van der Waals surface area contributed by atoms with Crippen LogP contribution in [0.25, 0.3) is 16.6 Å². The number of amides is 1. The zero-order valence-electron chi connectivity index (χ0n) is 17.4. The number of rotatable bonds is 7. The number of hydrogen-bond acceptors (Lipinski definition) is 5. The largest absolute Gasteiger partial charge is 0.494 e. The molecule has 0 unspecified atom stereocenters. The normalized spacial score (nSPS) is 15.4. The average Bonchev–Trinajstić information content (AvgIpc) is 3.23. The molecule has 2 aromatic carbocycles. The molecule has 0 spiro atoms. The molecule has 1 aliphatic heterocycles. The third kappa shape index (κ3) is 4.53. The zero-order valence-corrected chi connectivity index (χ0v) is 18.2. The predicted molar refractivity (Wildman–Crippen MR) is 122 cm³/mol. The highest BCUT2D eigenvalue weighted by atomic mass is 35.5. The number of aromatic nitrogens is 1. The molecule has 1 atom stereocenters. The van der Waals surface area contributed by atoms with E-state index in [0.29, 0.717) is 23.4 Å². The van der Waals surface area contributed by atoms with E-state index in [0.717, 1.165) is 16.6 Å². The molecule has 0 saturated carbocycles. The van der Waals surface area contributed by atoms with Crippen LogP contribution in [0.1, 0.15) is 36.9 Å². The lowest BCUT2D eigenvalue weighted by Crippen LogP contribution is -2.39. The lowest BCUT2D eigenvalue weighted by molar-refractivity contribution is -0.142. The lowest BCUT2D eigenvalue weighted by Gasteiger charge is -2.26. The number of carbonyl (C=O) groups excluding carboxylic acids is 1. The highest BCUT2D eigenvalue weighted by Crippen LogP contribution is 2.36. The number of nitrogens with one attached hydrogen (secondary N) is 1. The summed E-state index contributed by atoms with van der Waals surface area (Å²) in [6.45, 7) is 2.46. The summed E-state index contributed by atoms with van der Waals surface area (Å²) in [5.74, 6) is -0.668. The Morgan fingerprint density at radius 3 is 2.66 bits per heavy atom. The van der Waals surface area contributed by atoms with Crippen LogP contribution >= 0.6 is 11.6 Å². The first kappa shape index (κ1) is 21.6. The van der Waals surface area contributed by atoms with E-state index in [1.54, 1.807) is 0 Å². The molecule has 7 nitrogen and oxygen atoms in total. The Bertz CT molecular complexity index is 1200. The summed E-state index contributed by atoms with van der Waals surface area (Å²) in [5, 5.41) is 11.5. The van der Waals surface area contributed by atoms with Crippen molar-refractivity contribution in [3.05, 3.63) is 77.0 Å². The minimum Gasteiger partial charge on any atom is -0.494 e. The number of hydrazine groups is 1. The molecule has 2 heterocycles. The van der Waals surface area contributed by atoms with Crippen LogP contribution in [-0.2, 0) is 9.59 Å². The third-order valence-corrected chi connectivity index (χ3v) is 5.45. The summed E-state index contributed by atoms with van der Waals surface area (Å²) in [4.78, 5) is 28.4. The van der Waals surface area contributed by atoms with Gasteiger partial charge in [-0.2, -0.15) is 0 Å². The quantitative estimate of drug-likeness (QED) is 0.511. The van der Waals surface area contributed by atoms with Crippen LogP contribution in [0.3, 0.4) is 0 Å². The van der Waals surface area contributed by atoms with Crippen molar-refractivity contribution in [2.75, 3.05) is 6.61 Å². The Kier molecular flexibility index (Phi) is 6.28. The van der Waals surface area contributed by atoms with Crippen molar-refractivity contribution in [3.8, 4) is 5.75 Å². The van der Waals surface area contributed by atoms with E-state index in [1.165, 1.54) is 5.01 Å². The van der Waals surface area contributed by atoms with E-state index < -0.39 is 12.0 Å². The summed E-state index contributed by atoms with van der Waals surface area (Å²) in [6.07, 6.45) is 1.51. The van der Waals surface area contributed by atoms with Crippen molar-refractivity contribution in [2.24, 2.45) is 0 Å². The Morgan fingerprint density at radius 1 is 1.16 bits per heavy atom. The standard InChI is InChI=1S/C24H22ClN3O4/c1-2-32-17-9-8-16-12-18(24(25)26-19(16)13-17)21-14-20(15-6-4-3-5-7-15)27-28(21)22(29)10-11-23(30)31/h3-9,12-14,21,27H,2,10-11H2,1H3,(H,30,31)/t21-/m0/s1. The van der Waals surface area contributed by atoms with Crippen LogP contribution in [-0.4, -0.2) is 33.6 Å². The molecule has 1 aliphatic rings. The second kappa shape index (κ2) is 9.28. The van der Waals surface area contributed by atoms with Crippen molar-refractivity contribution < 1.29 is 19.4 Å². The van der Waals surface area contributed by atoms with Gasteiger partial charge in [0.1, 0.15) is 16.9 Å². The monoisotopic (exact) mass is 451 g/mol. The fraction of sp³-hybridized carbons (Fsp3) is 0.208. The van der Waals surface area contributed by atoms with Crippen LogP contribution in [0.5, 0.6) is 5.75 Å². The van der Waals surface area contributed by atoms with Gasteiger partial charge in [0.05, 0.1) is 24.2 Å². The number of hydrogen-bond donors (Lipinski definition) is 2. The zero-order chi connectivity index (χ0) is 22.7. The smallest absolute Gasteiger partial charge is 0.303 e. The molecule has 0 aliphatic carbocycles. The molecule has 0 saturated heterocycles. The molecular formula is C24H22ClN3O4. The number of ether oxygens (including phenoxy) is 1. The van der Waals surface area contributed by atoms with Gasteiger partial charge in [-0.3, -0.25) is 15.0 Å². The molecule has 2 N–H and O–H groups in total. The molecule has 0 radical (unpaired) electrons. The fourth-order valence-corrected chi connectivity index (χ4v) is 3.89. The number of nitrogens with zero attached hydrogens (tertiary/aromatic N) is 2. The SMILES string of the molecule is CCOc1ccc2cc([C@@H]3C=C(c4ccccc4)NN3C(=O)CCC(=O)O)c(Cl)nc2c1. The third-order valence-electron chi connectivity index (χ3n) is 5.15. The minimum absolute atomic E-state index is 0.134.